The monoisotopic (exact) mass is 327 g/mol. The standard InChI is InChI=1S/C18H21N3O3/c1-12(2)11-20-17(22)16-10-13(8-9-19-16)21-15-7-5-4-6-14(15)18(23)24-3/h4-10,12H,11H2,1-3H3,(H,19,21)(H,20,22). The van der Waals surface area contributed by atoms with Gasteiger partial charge in [0, 0.05) is 18.4 Å². The molecule has 0 spiro atoms. The van der Waals surface area contributed by atoms with Gasteiger partial charge in [0.25, 0.3) is 5.91 Å². The maximum Gasteiger partial charge on any atom is 0.339 e. The number of nitrogens with zero attached hydrogens (tertiary/aromatic N) is 1. The first-order chi connectivity index (χ1) is 11.5. The molecule has 2 aromatic rings. The van der Waals surface area contributed by atoms with E-state index < -0.39 is 5.97 Å². The van der Waals surface area contributed by atoms with Crippen LogP contribution in [0.15, 0.2) is 42.6 Å². The molecule has 1 amide bonds. The van der Waals surface area contributed by atoms with Crippen molar-refractivity contribution in [2.24, 2.45) is 5.92 Å². The summed E-state index contributed by atoms with van der Waals surface area (Å²) in [6.45, 7) is 4.63. The molecule has 126 valence electrons. The Morgan fingerprint density at radius 3 is 2.67 bits per heavy atom. The van der Waals surface area contributed by atoms with Gasteiger partial charge in [0.15, 0.2) is 0 Å². The summed E-state index contributed by atoms with van der Waals surface area (Å²) in [5, 5.41) is 5.95. The predicted octanol–water partition coefficient (Wildman–Crippen LogP) is 3.00. The number of rotatable bonds is 6. The van der Waals surface area contributed by atoms with E-state index in [1.54, 1.807) is 36.5 Å². The van der Waals surface area contributed by atoms with Gasteiger partial charge in [-0.25, -0.2) is 4.79 Å². The van der Waals surface area contributed by atoms with Gasteiger partial charge >= 0.3 is 5.97 Å². The molecule has 2 N–H and O–H groups in total. The average molecular weight is 327 g/mol. The Hall–Kier alpha value is -2.89. The van der Waals surface area contributed by atoms with E-state index >= 15 is 0 Å². The second-order valence-corrected chi connectivity index (χ2v) is 5.70. The van der Waals surface area contributed by atoms with Gasteiger partial charge in [0.1, 0.15) is 5.69 Å². The molecule has 0 radical (unpaired) electrons. The third-order valence-electron chi connectivity index (χ3n) is 3.27. The van der Waals surface area contributed by atoms with Crippen molar-refractivity contribution in [2.75, 3.05) is 19.0 Å². The Labute approximate surface area is 141 Å². The van der Waals surface area contributed by atoms with Crippen molar-refractivity contribution in [3.63, 3.8) is 0 Å². The molecule has 6 nitrogen and oxygen atoms in total. The van der Waals surface area contributed by atoms with Crippen molar-refractivity contribution in [3.05, 3.63) is 53.9 Å². The van der Waals surface area contributed by atoms with Crippen LogP contribution in [0.1, 0.15) is 34.7 Å². The Bertz CT molecular complexity index is 729. The molecular formula is C18H21N3O3. The molecule has 0 atom stereocenters. The second-order valence-electron chi connectivity index (χ2n) is 5.70. The third kappa shape index (κ3) is 4.55. The van der Waals surface area contributed by atoms with E-state index in [1.165, 1.54) is 7.11 Å². The molecule has 0 aliphatic rings. The largest absolute Gasteiger partial charge is 0.465 e. The Morgan fingerprint density at radius 2 is 1.96 bits per heavy atom. The number of pyridine rings is 1. The van der Waals surface area contributed by atoms with Crippen molar-refractivity contribution < 1.29 is 14.3 Å². The summed E-state index contributed by atoms with van der Waals surface area (Å²) in [5.74, 6) is -0.294. The van der Waals surface area contributed by atoms with Gasteiger partial charge in [-0.3, -0.25) is 9.78 Å². The summed E-state index contributed by atoms with van der Waals surface area (Å²) < 4.78 is 4.78. The van der Waals surface area contributed by atoms with Gasteiger partial charge in [-0.15, -0.1) is 0 Å². The number of para-hydroxylation sites is 1. The molecule has 0 saturated carbocycles. The van der Waals surface area contributed by atoms with E-state index in [-0.39, 0.29) is 5.91 Å². The molecule has 0 fully saturated rings. The number of carbonyl (C=O) groups excluding carboxylic acids is 2. The highest BCUT2D eigenvalue weighted by molar-refractivity contribution is 5.97. The van der Waals surface area contributed by atoms with Crippen LogP contribution in [0, 0.1) is 5.92 Å². The van der Waals surface area contributed by atoms with Gasteiger partial charge < -0.3 is 15.4 Å². The van der Waals surface area contributed by atoms with Crippen LogP contribution in [0.2, 0.25) is 0 Å². The van der Waals surface area contributed by atoms with Crippen LogP contribution in [0.3, 0.4) is 0 Å². The summed E-state index contributed by atoms with van der Waals surface area (Å²) >= 11 is 0. The van der Waals surface area contributed by atoms with E-state index in [0.717, 1.165) is 0 Å². The number of esters is 1. The number of ether oxygens (including phenoxy) is 1. The lowest BCUT2D eigenvalue weighted by Gasteiger charge is -2.12. The van der Waals surface area contributed by atoms with Gasteiger partial charge in [-0.05, 0) is 30.2 Å². The Morgan fingerprint density at radius 1 is 1.21 bits per heavy atom. The van der Waals surface area contributed by atoms with Crippen molar-refractivity contribution >= 4 is 23.3 Å². The van der Waals surface area contributed by atoms with Crippen LogP contribution in [-0.4, -0.2) is 30.5 Å². The minimum absolute atomic E-state index is 0.228. The lowest BCUT2D eigenvalue weighted by molar-refractivity contribution is 0.0601. The maximum atomic E-state index is 12.1. The number of hydrogen-bond donors (Lipinski definition) is 2. The first-order valence-electron chi connectivity index (χ1n) is 7.70. The van der Waals surface area contributed by atoms with E-state index in [9.17, 15) is 9.59 Å². The number of amides is 1. The van der Waals surface area contributed by atoms with Gasteiger partial charge in [-0.2, -0.15) is 0 Å². The molecule has 24 heavy (non-hydrogen) atoms. The summed E-state index contributed by atoms with van der Waals surface area (Å²) in [7, 11) is 1.34. The maximum absolute atomic E-state index is 12.1. The van der Waals surface area contributed by atoms with Crippen LogP contribution < -0.4 is 10.6 Å². The fourth-order valence-electron chi connectivity index (χ4n) is 2.06. The van der Waals surface area contributed by atoms with Crippen molar-refractivity contribution in [1.29, 1.82) is 0 Å². The minimum atomic E-state index is -0.429. The zero-order valence-corrected chi connectivity index (χ0v) is 14.0. The second kappa shape index (κ2) is 8.10. The summed E-state index contributed by atoms with van der Waals surface area (Å²) in [5.41, 5.74) is 2.00. The fourth-order valence-corrected chi connectivity index (χ4v) is 2.06. The van der Waals surface area contributed by atoms with Crippen LogP contribution in [0.5, 0.6) is 0 Å². The van der Waals surface area contributed by atoms with Crippen LogP contribution in [0.25, 0.3) is 0 Å². The predicted molar refractivity (Wildman–Crippen MR) is 92.5 cm³/mol. The van der Waals surface area contributed by atoms with Crippen LogP contribution >= 0.6 is 0 Å². The van der Waals surface area contributed by atoms with E-state index in [0.29, 0.717) is 35.1 Å². The molecular weight excluding hydrogens is 306 g/mol. The summed E-state index contributed by atoms with van der Waals surface area (Å²) in [4.78, 5) is 28.0. The number of nitrogens with one attached hydrogen (secondary N) is 2. The number of carbonyl (C=O) groups is 2. The van der Waals surface area contributed by atoms with Gasteiger partial charge in [0.2, 0.25) is 0 Å². The fraction of sp³-hybridized carbons (Fsp3) is 0.278. The quantitative estimate of drug-likeness (QED) is 0.797. The molecule has 1 aromatic carbocycles. The third-order valence-corrected chi connectivity index (χ3v) is 3.27. The zero-order chi connectivity index (χ0) is 17.5. The topological polar surface area (TPSA) is 80.3 Å². The molecule has 6 heteroatoms. The number of methoxy groups -OCH3 is 1. The van der Waals surface area contributed by atoms with Gasteiger partial charge in [-0.1, -0.05) is 26.0 Å². The lowest BCUT2D eigenvalue weighted by Crippen LogP contribution is -2.28. The summed E-state index contributed by atoms with van der Waals surface area (Å²) in [6, 6.07) is 10.4. The number of hydrogen-bond acceptors (Lipinski definition) is 5. The molecule has 0 bridgehead atoms. The van der Waals surface area contributed by atoms with E-state index in [4.69, 9.17) is 4.74 Å². The number of aromatic nitrogens is 1. The molecule has 0 aliphatic carbocycles. The van der Waals surface area contributed by atoms with E-state index in [1.807, 2.05) is 19.9 Å². The Kier molecular flexibility index (Phi) is 5.89. The smallest absolute Gasteiger partial charge is 0.339 e. The number of benzene rings is 1. The average Bonchev–Trinajstić information content (AvgIpc) is 2.59. The normalized spacial score (nSPS) is 10.3. The van der Waals surface area contributed by atoms with Crippen LogP contribution in [0.4, 0.5) is 11.4 Å². The first-order valence-corrected chi connectivity index (χ1v) is 7.70. The molecule has 0 unspecified atom stereocenters. The molecule has 1 aromatic heterocycles. The lowest BCUT2D eigenvalue weighted by atomic mass is 10.1. The highest BCUT2D eigenvalue weighted by Gasteiger charge is 2.12. The minimum Gasteiger partial charge on any atom is -0.465 e. The van der Waals surface area contributed by atoms with Crippen LogP contribution in [-0.2, 0) is 4.74 Å². The molecule has 1 heterocycles. The van der Waals surface area contributed by atoms with E-state index in [2.05, 4.69) is 15.6 Å². The summed E-state index contributed by atoms with van der Waals surface area (Å²) in [6.07, 6.45) is 1.55. The molecule has 2 rings (SSSR count). The Balaban J connectivity index is 2.18. The van der Waals surface area contributed by atoms with Gasteiger partial charge in [0.05, 0.1) is 18.4 Å². The SMILES string of the molecule is COC(=O)c1ccccc1Nc1ccnc(C(=O)NCC(C)C)c1. The first kappa shape index (κ1) is 17.5. The van der Waals surface area contributed by atoms with Crippen molar-refractivity contribution in [1.82, 2.24) is 10.3 Å². The zero-order valence-electron chi connectivity index (χ0n) is 14.0. The van der Waals surface area contributed by atoms with Crippen molar-refractivity contribution in [2.45, 2.75) is 13.8 Å². The number of anilines is 2. The molecule has 0 saturated heterocycles. The van der Waals surface area contributed by atoms with Crippen molar-refractivity contribution in [3.8, 4) is 0 Å². The highest BCUT2D eigenvalue weighted by Crippen LogP contribution is 2.21. The highest BCUT2D eigenvalue weighted by atomic mass is 16.5. The molecule has 0 aliphatic heterocycles.